The van der Waals surface area contributed by atoms with Crippen LogP contribution in [0.4, 0.5) is 5.69 Å². The number of benzene rings is 2. The van der Waals surface area contributed by atoms with Gasteiger partial charge >= 0.3 is 5.97 Å². The fourth-order valence-corrected chi connectivity index (χ4v) is 1.82. The predicted molar refractivity (Wildman–Crippen MR) is 76.0 cm³/mol. The molecule has 0 fully saturated rings. The number of non-ortho nitro benzene ring substituents is 1. The van der Waals surface area contributed by atoms with Gasteiger partial charge in [0.25, 0.3) is 5.69 Å². The van der Waals surface area contributed by atoms with E-state index in [4.69, 9.17) is 9.84 Å². The molecule has 2 aromatic rings. The molecule has 0 saturated heterocycles. The number of aromatic carboxylic acids is 1. The van der Waals surface area contributed by atoms with E-state index >= 15 is 0 Å². The molecule has 0 unspecified atom stereocenters. The molecule has 0 aliphatic carbocycles. The second kappa shape index (κ2) is 5.62. The van der Waals surface area contributed by atoms with Gasteiger partial charge in [-0.2, -0.15) is 0 Å². The average molecular weight is 287 g/mol. The van der Waals surface area contributed by atoms with Crippen molar-refractivity contribution in [2.24, 2.45) is 0 Å². The fourth-order valence-electron chi connectivity index (χ4n) is 1.82. The van der Waals surface area contributed by atoms with Gasteiger partial charge in [0.15, 0.2) is 0 Å². The maximum atomic E-state index is 11.2. The van der Waals surface area contributed by atoms with E-state index < -0.39 is 10.9 Å². The summed E-state index contributed by atoms with van der Waals surface area (Å²) in [7, 11) is 0. The molecule has 2 rings (SSSR count). The quantitative estimate of drug-likeness (QED) is 0.684. The molecule has 21 heavy (non-hydrogen) atoms. The van der Waals surface area contributed by atoms with Crippen LogP contribution in [-0.2, 0) is 0 Å². The smallest absolute Gasteiger partial charge is 0.339 e. The van der Waals surface area contributed by atoms with Gasteiger partial charge in [0.05, 0.1) is 11.0 Å². The van der Waals surface area contributed by atoms with Crippen molar-refractivity contribution in [3.8, 4) is 11.5 Å². The normalized spacial score (nSPS) is 10.2. The number of nitro benzene ring substituents is 1. The van der Waals surface area contributed by atoms with Gasteiger partial charge < -0.3 is 9.84 Å². The van der Waals surface area contributed by atoms with Crippen molar-refractivity contribution in [2.75, 3.05) is 0 Å². The van der Waals surface area contributed by atoms with E-state index in [2.05, 4.69) is 0 Å². The number of aryl methyl sites for hydroxylation is 2. The zero-order valence-electron chi connectivity index (χ0n) is 11.5. The highest BCUT2D eigenvalue weighted by atomic mass is 16.6. The van der Waals surface area contributed by atoms with Crippen LogP contribution in [0.5, 0.6) is 11.5 Å². The Kier molecular flexibility index (Phi) is 3.89. The topological polar surface area (TPSA) is 89.7 Å². The lowest BCUT2D eigenvalue weighted by molar-refractivity contribution is -0.384. The summed E-state index contributed by atoms with van der Waals surface area (Å²) in [5.74, 6) is -0.698. The van der Waals surface area contributed by atoms with E-state index in [9.17, 15) is 14.9 Å². The molecule has 0 radical (unpaired) electrons. The molecule has 0 aliphatic heterocycles. The zero-order valence-corrected chi connectivity index (χ0v) is 11.5. The molecule has 0 aliphatic rings. The minimum Gasteiger partial charge on any atom is -0.478 e. The first-order valence-corrected chi connectivity index (χ1v) is 6.15. The second-order valence-corrected chi connectivity index (χ2v) is 4.61. The van der Waals surface area contributed by atoms with Gasteiger partial charge in [-0.25, -0.2) is 4.79 Å². The molecule has 0 saturated carbocycles. The largest absolute Gasteiger partial charge is 0.478 e. The van der Waals surface area contributed by atoms with Gasteiger partial charge in [-0.05, 0) is 43.2 Å². The van der Waals surface area contributed by atoms with Crippen molar-refractivity contribution in [3.05, 3.63) is 63.2 Å². The molecule has 108 valence electrons. The highest BCUT2D eigenvalue weighted by Crippen LogP contribution is 2.31. The van der Waals surface area contributed by atoms with Crippen LogP contribution >= 0.6 is 0 Å². The monoisotopic (exact) mass is 287 g/mol. The first kappa shape index (κ1) is 14.5. The SMILES string of the molecule is Cc1ccc(C(=O)O)c(Oc2cc([N+](=O)[O-])ccc2C)c1. The van der Waals surface area contributed by atoms with Crippen molar-refractivity contribution >= 4 is 11.7 Å². The van der Waals surface area contributed by atoms with Gasteiger partial charge in [0.1, 0.15) is 17.1 Å². The van der Waals surface area contributed by atoms with Gasteiger partial charge in [-0.1, -0.05) is 6.07 Å². The molecule has 0 atom stereocenters. The Morgan fingerprint density at radius 1 is 1.14 bits per heavy atom. The molecular weight excluding hydrogens is 274 g/mol. The first-order valence-electron chi connectivity index (χ1n) is 6.15. The van der Waals surface area contributed by atoms with E-state index in [1.54, 1.807) is 32.0 Å². The van der Waals surface area contributed by atoms with Gasteiger partial charge in [-0.15, -0.1) is 0 Å². The molecular formula is C15H13NO5. The highest BCUT2D eigenvalue weighted by molar-refractivity contribution is 5.91. The lowest BCUT2D eigenvalue weighted by Crippen LogP contribution is -2.01. The standard InChI is InChI=1S/C15H13NO5/c1-9-3-6-12(15(17)18)14(7-9)21-13-8-11(16(19)20)5-4-10(13)2/h3-8H,1-2H3,(H,17,18). The van der Waals surface area contributed by atoms with Crippen LogP contribution in [0.3, 0.4) is 0 Å². The Morgan fingerprint density at radius 2 is 1.86 bits per heavy atom. The van der Waals surface area contributed by atoms with E-state index in [1.165, 1.54) is 18.2 Å². The summed E-state index contributed by atoms with van der Waals surface area (Å²) >= 11 is 0. The van der Waals surface area contributed by atoms with Crippen molar-refractivity contribution in [2.45, 2.75) is 13.8 Å². The van der Waals surface area contributed by atoms with Gasteiger partial charge in [-0.3, -0.25) is 10.1 Å². The summed E-state index contributed by atoms with van der Waals surface area (Å²) in [6.45, 7) is 3.54. The molecule has 0 bridgehead atoms. The summed E-state index contributed by atoms with van der Waals surface area (Å²) in [5, 5.41) is 20.0. The van der Waals surface area contributed by atoms with Gasteiger partial charge in [0.2, 0.25) is 0 Å². The molecule has 1 N–H and O–H groups in total. The summed E-state index contributed by atoms with van der Waals surface area (Å²) in [4.78, 5) is 21.5. The highest BCUT2D eigenvalue weighted by Gasteiger charge is 2.15. The third-order valence-electron chi connectivity index (χ3n) is 2.97. The number of carboxylic acid groups (broad SMARTS) is 1. The first-order chi connectivity index (χ1) is 9.88. The number of nitro groups is 1. The van der Waals surface area contributed by atoms with E-state index in [0.29, 0.717) is 5.56 Å². The maximum absolute atomic E-state index is 11.2. The third kappa shape index (κ3) is 3.17. The summed E-state index contributed by atoms with van der Waals surface area (Å²) in [6.07, 6.45) is 0. The summed E-state index contributed by atoms with van der Waals surface area (Å²) in [5.41, 5.74) is 1.41. The van der Waals surface area contributed by atoms with Crippen LogP contribution < -0.4 is 4.74 Å². The van der Waals surface area contributed by atoms with Crippen LogP contribution in [0.1, 0.15) is 21.5 Å². The molecule has 0 spiro atoms. The number of hydrogen-bond acceptors (Lipinski definition) is 4. The van der Waals surface area contributed by atoms with E-state index in [0.717, 1.165) is 5.56 Å². The Bertz CT molecular complexity index is 724. The lowest BCUT2D eigenvalue weighted by Gasteiger charge is -2.11. The number of nitrogens with zero attached hydrogens (tertiary/aromatic N) is 1. The molecule has 0 amide bonds. The third-order valence-corrected chi connectivity index (χ3v) is 2.97. The Labute approximate surface area is 120 Å². The van der Waals surface area contributed by atoms with Crippen LogP contribution in [0, 0.1) is 24.0 Å². The van der Waals surface area contributed by atoms with Crippen LogP contribution in [0.25, 0.3) is 0 Å². The zero-order chi connectivity index (χ0) is 15.6. The van der Waals surface area contributed by atoms with Crippen LogP contribution in [0.15, 0.2) is 36.4 Å². The van der Waals surface area contributed by atoms with Crippen molar-refractivity contribution in [1.82, 2.24) is 0 Å². The van der Waals surface area contributed by atoms with Crippen LogP contribution in [-0.4, -0.2) is 16.0 Å². The average Bonchev–Trinajstić information content (AvgIpc) is 2.40. The van der Waals surface area contributed by atoms with Crippen molar-refractivity contribution in [1.29, 1.82) is 0 Å². The fraction of sp³-hybridized carbons (Fsp3) is 0.133. The Hall–Kier alpha value is -2.89. The van der Waals surface area contributed by atoms with Crippen LogP contribution in [0.2, 0.25) is 0 Å². The lowest BCUT2D eigenvalue weighted by atomic mass is 10.1. The second-order valence-electron chi connectivity index (χ2n) is 4.61. The Balaban J connectivity index is 2.47. The molecule has 6 nitrogen and oxygen atoms in total. The number of carbonyl (C=O) groups is 1. The summed E-state index contributed by atoms with van der Waals surface area (Å²) in [6, 6.07) is 8.90. The minimum absolute atomic E-state index is 0.00602. The van der Waals surface area contributed by atoms with E-state index in [-0.39, 0.29) is 22.7 Å². The molecule has 6 heteroatoms. The predicted octanol–water partition coefficient (Wildman–Crippen LogP) is 3.70. The number of hydrogen-bond donors (Lipinski definition) is 1. The summed E-state index contributed by atoms with van der Waals surface area (Å²) < 4.78 is 5.59. The van der Waals surface area contributed by atoms with Gasteiger partial charge in [0, 0.05) is 6.07 Å². The molecule has 2 aromatic carbocycles. The Morgan fingerprint density at radius 3 is 2.48 bits per heavy atom. The number of ether oxygens (including phenoxy) is 1. The molecule has 0 aromatic heterocycles. The van der Waals surface area contributed by atoms with Crippen molar-refractivity contribution < 1.29 is 19.6 Å². The molecule has 0 heterocycles. The van der Waals surface area contributed by atoms with Crippen molar-refractivity contribution in [3.63, 3.8) is 0 Å². The number of rotatable bonds is 4. The minimum atomic E-state index is -1.12. The maximum Gasteiger partial charge on any atom is 0.339 e. The number of carboxylic acids is 1. The van der Waals surface area contributed by atoms with E-state index in [1.807, 2.05) is 0 Å².